The van der Waals surface area contributed by atoms with E-state index >= 15 is 0 Å². The summed E-state index contributed by atoms with van der Waals surface area (Å²) >= 11 is 0. The quantitative estimate of drug-likeness (QED) is 0.371. The van der Waals surface area contributed by atoms with E-state index in [-0.39, 0.29) is 52.9 Å². The number of fused-ring (bicyclic) bond motifs is 5. The Hall–Kier alpha value is -1.63. The van der Waals surface area contributed by atoms with Crippen LogP contribution in [0.5, 0.6) is 0 Å². The summed E-state index contributed by atoms with van der Waals surface area (Å²) in [5, 5.41) is 0. The van der Waals surface area contributed by atoms with Crippen molar-refractivity contribution in [3.8, 4) is 0 Å². The van der Waals surface area contributed by atoms with Gasteiger partial charge in [0.05, 0.1) is 7.11 Å². The molecule has 11 atom stereocenters. The van der Waals surface area contributed by atoms with Gasteiger partial charge in [0.1, 0.15) is 12.2 Å². The highest BCUT2D eigenvalue weighted by molar-refractivity contribution is 5.69. The van der Waals surface area contributed by atoms with Crippen LogP contribution in [0.25, 0.3) is 0 Å². The van der Waals surface area contributed by atoms with Gasteiger partial charge in [-0.2, -0.15) is 0 Å². The SMILES string of the molecule is CC[C@]12CC[C@@H](N)C[C@H]1C[C@@H](OC(C)=O)C1C2C[C@H](OC(C)=O)[C@]2(C)[C@@H]([C@H](C)CCC(=O)OC)CC[C@@H]12. The maximum atomic E-state index is 12.4. The summed E-state index contributed by atoms with van der Waals surface area (Å²) in [6.07, 6.45) is 8.79. The third kappa shape index (κ3) is 4.94. The minimum absolute atomic E-state index is 0.121. The van der Waals surface area contributed by atoms with Gasteiger partial charge in [-0.15, -0.1) is 0 Å². The summed E-state index contributed by atoms with van der Waals surface area (Å²) in [5.41, 5.74) is 6.39. The minimum Gasteiger partial charge on any atom is -0.469 e. The van der Waals surface area contributed by atoms with Gasteiger partial charge in [-0.25, -0.2) is 0 Å². The molecular weight excluding hydrogens is 470 g/mol. The number of carbonyl (C=O) groups is 3. The van der Waals surface area contributed by atoms with Gasteiger partial charge in [0.15, 0.2) is 0 Å². The summed E-state index contributed by atoms with van der Waals surface area (Å²) in [6.45, 7) is 9.91. The highest BCUT2D eigenvalue weighted by atomic mass is 16.5. The second-order valence-corrected chi connectivity index (χ2v) is 13.0. The number of rotatable bonds is 7. The first kappa shape index (κ1) is 28.4. The molecule has 4 aliphatic carbocycles. The van der Waals surface area contributed by atoms with Crippen LogP contribution in [-0.2, 0) is 28.6 Å². The van der Waals surface area contributed by atoms with Crippen LogP contribution in [0, 0.1) is 46.3 Å². The Morgan fingerprint density at radius 2 is 1.70 bits per heavy atom. The van der Waals surface area contributed by atoms with Gasteiger partial charge in [0.25, 0.3) is 0 Å². The lowest BCUT2D eigenvalue weighted by atomic mass is 9.42. The smallest absolute Gasteiger partial charge is 0.305 e. The van der Waals surface area contributed by atoms with E-state index in [2.05, 4.69) is 20.8 Å². The van der Waals surface area contributed by atoms with Crippen LogP contribution in [0.2, 0.25) is 0 Å². The number of carbonyl (C=O) groups excluding carboxylic acids is 3. The fourth-order valence-corrected chi connectivity index (χ4v) is 10.0. The number of nitrogens with two attached hydrogens (primary N) is 1. The van der Waals surface area contributed by atoms with Gasteiger partial charge in [-0.3, -0.25) is 14.4 Å². The largest absolute Gasteiger partial charge is 0.469 e. The van der Waals surface area contributed by atoms with Crippen LogP contribution in [0.15, 0.2) is 0 Å². The van der Waals surface area contributed by atoms with Crippen molar-refractivity contribution in [3.63, 3.8) is 0 Å². The molecular formula is C30H49NO6. The van der Waals surface area contributed by atoms with Crippen LogP contribution in [0.1, 0.15) is 98.8 Å². The van der Waals surface area contributed by atoms with Crippen LogP contribution >= 0.6 is 0 Å². The molecule has 37 heavy (non-hydrogen) atoms. The van der Waals surface area contributed by atoms with Crippen molar-refractivity contribution >= 4 is 17.9 Å². The molecule has 7 nitrogen and oxygen atoms in total. The predicted octanol–water partition coefficient (Wildman–Crippen LogP) is 5.04. The van der Waals surface area contributed by atoms with E-state index in [1.807, 2.05) is 0 Å². The monoisotopic (exact) mass is 519 g/mol. The summed E-state index contributed by atoms with van der Waals surface area (Å²) in [7, 11) is 1.44. The zero-order valence-electron chi connectivity index (χ0n) is 23.8. The van der Waals surface area contributed by atoms with Crippen LogP contribution in [0.3, 0.4) is 0 Å². The van der Waals surface area contributed by atoms with Crippen LogP contribution in [-0.4, -0.2) is 43.3 Å². The molecule has 0 aromatic rings. The lowest BCUT2D eigenvalue weighted by Gasteiger charge is -2.65. The van der Waals surface area contributed by atoms with Crippen molar-refractivity contribution in [1.29, 1.82) is 0 Å². The van der Waals surface area contributed by atoms with E-state index in [1.54, 1.807) is 0 Å². The van der Waals surface area contributed by atoms with Gasteiger partial charge < -0.3 is 19.9 Å². The molecule has 0 bridgehead atoms. The number of ether oxygens (including phenoxy) is 3. The molecule has 4 rings (SSSR count). The van der Waals surface area contributed by atoms with E-state index in [4.69, 9.17) is 19.9 Å². The molecule has 0 aliphatic heterocycles. The third-order valence-electron chi connectivity index (χ3n) is 11.5. The maximum Gasteiger partial charge on any atom is 0.305 e. The van der Waals surface area contributed by atoms with Crippen molar-refractivity contribution < 1.29 is 28.6 Å². The molecule has 0 spiro atoms. The van der Waals surface area contributed by atoms with Crippen molar-refractivity contribution in [2.75, 3.05) is 7.11 Å². The topological polar surface area (TPSA) is 105 Å². The van der Waals surface area contributed by atoms with Crippen molar-refractivity contribution in [1.82, 2.24) is 0 Å². The maximum absolute atomic E-state index is 12.4. The number of esters is 3. The van der Waals surface area contributed by atoms with E-state index in [1.165, 1.54) is 21.0 Å². The van der Waals surface area contributed by atoms with Gasteiger partial charge in [0.2, 0.25) is 0 Å². The highest BCUT2D eigenvalue weighted by Gasteiger charge is 2.68. The number of hydrogen-bond acceptors (Lipinski definition) is 7. The highest BCUT2D eigenvalue weighted by Crippen LogP contribution is 2.70. The summed E-state index contributed by atoms with van der Waals surface area (Å²) in [4.78, 5) is 36.7. The summed E-state index contributed by atoms with van der Waals surface area (Å²) in [5.74, 6) is 1.30. The molecule has 0 aromatic carbocycles. The van der Waals surface area contributed by atoms with E-state index < -0.39 is 0 Å². The molecule has 0 aromatic heterocycles. The number of methoxy groups -OCH3 is 1. The Bertz CT molecular complexity index is 876. The zero-order chi connectivity index (χ0) is 27.1. The van der Waals surface area contributed by atoms with Crippen LogP contribution < -0.4 is 5.73 Å². The average molecular weight is 520 g/mol. The Morgan fingerprint density at radius 3 is 2.32 bits per heavy atom. The third-order valence-corrected chi connectivity index (χ3v) is 11.5. The van der Waals surface area contributed by atoms with E-state index in [0.29, 0.717) is 36.0 Å². The minimum atomic E-state index is -0.229. The Kier molecular flexibility index (Phi) is 8.33. The molecule has 0 amide bonds. The standard InChI is InChI=1S/C30H49NO6/c1-7-30-13-12-21(31)14-20(30)15-25(36-18(3)32)28-23-10-9-22(17(2)8-11-27(34)35-6)29(23,5)26(16-24(28)30)37-19(4)33/h17,20-26,28H,7-16,31H2,1-6H3/t17-,20+,21-,22-,23+,24?,25-,26+,28?,29-,30+/m1/s1. The molecule has 4 fully saturated rings. The van der Waals surface area contributed by atoms with Gasteiger partial charge in [0, 0.05) is 37.6 Å². The van der Waals surface area contributed by atoms with Gasteiger partial charge >= 0.3 is 17.9 Å². The fraction of sp³-hybridized carbons (Fsp3) is 0.900. The molecule has 210 valence electrons. The Labute approximate surface area is 222 Å². The first-order chi connectivity index (χ1) is 17.5. The molecule has 0 radical (unpaired) electrons. The Morgan fingerprint density at radius 1 is 1.00 bits per heavy atom. The van der Waals surface area contributed by atoms with Crippen molar-refractivity contribution in [3.05, 3.63) is 0 Å². The summed E-state index contributed by atoms with van der Waals surface area (Å²) in [6, 6.07) is 0.198. The lowest BCUT2D eigenvalue weighted by molar-refractivity contribution is -0.224. The number of hydrogen-bond donors (Lipinski definition) is 1. The van der Waals surface area contributed by atoms with E-state index in [9.17, 15) is 14.4 Å². The molecule has 4 saturated carbocycles. The molecule has 0 heterocycles. The molecule has 4 aliphatic rings. The Balaban J connectivity index is 1.74. The van der Waals surface area contributed by atoms with Gasteiger partial charge in [-0.1, -0.05) is 20.8 Å². The van der Waals surface area contributed by atoms with Crippen molar-refractivity contribution in [2.24, 2.45) is 52.1 Å². The fourth-order valence-electron chi connectivity index (χ4n) is 10.0. The van der Waals surface area contributed by atoms with E-state index in [0.717, 1.165) is 57.8 Å². The average Bonchev–Trinajstić information content (AvgIpc) is 3.20. The molecule has 2 unspecified atom stereocenters. The summed E-state index contributed by atoms with van der Waals surface area (Å²) < 4.78 is 17.3. The molecule has 7 heteroatoms. The van der Waals surface area contributed by atoms with Crippen molar-refractivity contribution in [2.45, 2.75) is 117 Å². The first-order valence-corrected chi connectivity index (χ1v) is 14.6. The first-order valence-electron chi connectivity index (χ1n) is 14.6. The molecule has 0 saturated heterocycles. The lowest BCUT2D eigenvalue weighted by Crippen LogP contribution is -2.64. The zero-order valence-corrected chi connectivity index (χ0v) is 23.8. The normalized spacial score (nSPS) is 43.5. The second kappa shape index (κ2) is 10.9. The second-order valence-electron chi connectivity index (χ2n) is 13.0. The molecule has 2 N–H and O–H groups in total. The van der Waals surface area contributed by atoms with Crippen LogP contribution in [0.4, 0.5) is 0 Å². The van der Waals surface area contributed by atoms with Gasteiger partial charge in [-0.05, 0) is 92.8 Å². The predicted molar refractivity (Wildman–Crippen MR) is 140 cm³/mol.